The van der Waals surface area contributed by atoms with Crippen molar-refractivity contribution >= 4 is 44.3 Å². The van der Waals surface area contributed by atoms with Gasteiger partial charge in [-0.05, 0) is 37.1 Å². The number of sulfonamides is 1. The first-order valence-electron chi connectivity index (χ1n) is 10.6. The molecule has 2 aromatic carbocycles. The molecule has 172 valence electrons. The Kier molecular flexibility index (Phi) is 6.74. The van der Waals surface area contributed by atoms with Crippen LogP contribution in [0.1, 0.15) is 36.0 Å². The number of fused-ring (bicyclic) bond motifs is 1. The zero-order valence-corrected chi connectivity index (χ0v) is 18.7. The Hall–Kier alpha value is -3.66. The van der Waals surface area contributed by atoms with Gasteiger partial charge in [0.1, 0.15) is 5.84 Å². The third-order valence-electron chi connectivity index (χ3n) is 5.20. The van der Waals surface area contributed by atoms with Gasteiger partial charge in [-0.3, -0.25) is 14.5 Å². The van der Waals surface area contributed by atoms with Gasteiger partial charge in [0.25, 0.3) is 15.9 Å². The van der Waals surface area contributed by atoms with Crippen LogP contribution in [0, 0.1) is 0 Å². The topological polar surface area (TPSA) is 130 Å². The molecular formula is C23H24N4O5S. The van der Waals surface area contributed by atoms with Crippen molar-refractivity contribution in [1.29, 1.82) is 0 Å². The molecule has 1 amide bonds. The van der Waals surface area contributed by atoms with Crippen molar-refractivity contribution in [2.75, 3.05) is 18.5 Å². The molecule has 10 heteroatoms. The molecule has 1 aliphatic heterocycles. The average molecular weight is 469 g/mol. The maximum Gasteiger partial charge on any atom is 0.340 e. The number of carbonyl (C=O) groups excluding carboxylic acids is 2. The number of aromatic nitrogens is 1. The molecule has 0 unspecified atom stereocenters. The largest absolute Gasteiger partial charge is 0.452 e. The summed E-state index contributed by atoms with van der Waals surface area (Å²) >= 11 is 0. The smallest absolute Gasteiger partial charge is 0.340 e. The number of H-pyrrole nitrogens is 1. The number of amides is 1. The van der Waals surface area contributed by atoms with Gasteiger partial charge in [-0.15, -0.1) is 0 Å². The van der Waals surface area contributed by atoms with Gasteiger partial charge in [-0.1, -0.05) is 30.7 Å². The lowest BCUT2D eigenvalue weighted by molar-refractivity contribution is -0.119. The summed E-state index contributed by atoms with van der Waals surface area (Å²) in [5.41, 5.74) is 1.39. The molecule has 2 heterocycles. The van der Waals surface area contributed by atoms with Crippen LogP contribution < -0.4 is 10.0 Å². The number of esters is 1. The number of ether oxygens (including phenoxy) is 1. The highest BCUT2D eigenvalue weighted by molar-refractivity contribution is 7.90. The first kappa shape index (κ1) is 22.5. The Morgan fingerprint density at radius 2 is 1.91 bits per heavy atom. The lowest BCUT2D eigenvalue weighted by Crippen LogP contribution is -2.30. The van der Waals surface area contributed by atoms with Gasteiger partial charge < -0.3 is 15.0 Å². The van der Waals surface area contributed by atoms with Crippen LogP contribution in [-0.2, 0) is 19.6 Å². The fourth-order valence-electron chi connectivity index (χ4n) is 3.56. The monoisotopic (exact) mass is 468 g/mol. The van der Waals surface area contributed by atoms with E-state index in [4.69, 9.17) is 4.74 Å². The molecule has 3 N–H and O–H groups in total. The lowest BCUT2D eigenvalue weighted by atomic mass is 10.2. The molecule has 1 aliphatic rings. The summed E-state index contributed by atoms with van der Waals surface area (Å²) in [6, 6.07) is 13.1. The molecule has 0 atom stereocenters. The van der Waals surface area contributed by atoms with Crippen LogP contribution in [0.2, 0.25) is 0 Å². The molecule has 0 aliphatic carbocycles. The van der Waals surface area contributed by atoms with E-state index in [2.05, 4.69) is 20.0 Å². The lowest BCUT2D eigenvalue weighted by Gasteiger charge is -2.11. The standard InChI is InChI=1S/C23H24N4O5S/c28-22(15-32-23(29)19-14-25-20-10-4-3-9-18(19)20)26-16-7-6-8-17(13-16)33(30,31)27-21-11-2-1-5-12-24-21/h3-4,6-10,13-14,25H,1-2,5,11-12,15H2,(H,24,27)(H,26,28). The number of aliphatic imine (C=N–C) groups is 1. The number of nitrogens with zero attached hydrogens (tertiary/aromatic N) is 1. The van der Waals surface area contributed by atoms with E-state index in [0.717, 1.165) is 24.8 Å². The Labute approximate surface area is 191 Å². The molecule has 4 rings (SSSR count). The van der Waals surface area contributed by atoms with Crippen molar-refractivity contribution < 1.29 is 22.7 Å². The molecule has 0 fully saturated rings. The molecule has 9 nitrogen and oxygen atoms in total. The number of amidine groups is 1. The molecule has 0 bridgehead atoms. The normalized spacial score (nSPS) is 14.2. The maximum atomic E-state index is 12.7. The fraction of sp³-hybridized carbons (Fsp3) is 0.261. The number of hydrogen-bond donors (Lipinski definition) is 3. The Morgan fingerprint density at radius 3 is 2.79 bits per heavy atom. The zero-order valence-electron chi connectivity index (χ0n) is 17.8. The van der Waals surface area contributed by atoms with Crippen LogP contribution in [0.15, 0.2) is 64.6 Å². The van der Waals surface area contributed by atoms with Crippen LogP contribution >= 0.6 is 0 Å². The molecule has 33 heavy (non-hydrogen) atoms. The molecule has 0 radical (unpaired) electrons. The number of rotatable bonds is 6. The Balaban J connectivity index is 1.37. The van der Waals surface area contributed by atoms with E-state index < -0.39 is 28.5 Å². The van der Waals surface area contributed by atoms with Gasteiger partial charge in [0.2, 0.25) is 0 Å². The van der Waals surface area contributed by atoms with E-state index in [9.17, 15) is 18.0 Å². The second-order valence-corrected chi connectivity index (χ2v) is 9.33. The minimum atomic E-state index is -3.83. The second-order valence-electron chi connectivity index (χ2n) is 7.64. The molecule has 0 saturated heterocycles. The van der Waals surface area contributed by atoms with Crippen LogP contribution in [0.4, 0.5) is 5.69 Å². The minimum absolute atomic E-state index is 0.00281. The second kappa shape index (κ2) is 9.86. The summed E-state index contributed by atoms with van der Waals surface area (Å²) in [5.74, 6) is -0.766. The summed E-state index contributed by atoms with van der Waals surface area (Å²) in [6.07, 6.45) is 4.95. The summed E-state index contributed by atoms with van der Waals surface area (Å²) in [5, 5.41) is 3.26. The number of nitrogens with one attached hydrogen (secondary N) is 3. The van der Waals surface area contributed by atoms with E-state index in [1.54, 1.807) is 18.2 Å². The summed E-state index contributed by atoms with van der Waals surface area (Å²) in [7, 11) is -3.83. The first-order chi connectivity index (χ1) is 15.9. The number of hydrogen-bond acceptors (Lipinski definition) is 6. The van der Waals surface area contributed by atoms with Crippen LogP contribution in [-0.4, -0.2) is 44.3 Å². The average Bonchev–Trinajstić information content (AvgIpc) is 3.08. The zero-order chi connectivity index (χ0) is 23.3. The Morgan fingerprint density at radius 1 is 1.06 bits per heavy atom. The van der Waals surface area contributed by atoms with Crippen molar-refractivity contribution in [2.45, 2.75) is 30.6 Å². The van der Waals surface area contributed by atoms with Crippen molar-refractivity contribution in [3.63, 3.8) is 0 Å². The van der Waals surface area contributed by atoms with E-state index in [0.29, 0.717) is 29.8 Å². The SMILES string of the molecule is O=C(COC(=O)c1c[nH]c2ccccc12)Nc1cccc(S(=O)(=O)NC2=NCCCCC2)c1. The van der Waals surface area contributed by atoms with Gasteiger partial charge in [0.15, 0.2) is 6.61 Å². The van der Waals surface area contributed by atoms with Gasteiger partial charge in [-0.2, -0.15) is 0 Å². The van der Waals surface area contributed by atoms with Crippen LogP contribution in [0.5, 0.6) is 0 Å². The highest BCUT2D eigenvalue weighted by Crippen LogP contribution is 2.19. The van der Waals surface area contributed by atoms with Crippen molar-refractivity contribution in [3.8, 4) is 0 Å². The minimum Gasteiger partial charge on any atom is -0.452 e. The van der Waals surface area contributed by atoms with E-state index in [1.807, 2.05) is 12.1 Å². The van der Waals surface area contributed by atoms with Gasteiger partial charge >= 0.3 is 5.97 Å². The van der Waals surface area contributed by atoms with Gasteiger partial charge in [0.05, 0.1) is 10.5 Å². The summed E-state index contributed by atoms with van der Waals surface area (Å²) in [4.78, 5) is 31.9. The van der Waals surface area contributed by atoms with Crippen molar-refractivity contribution in [3.05, 3.63) is 60.3 Å². The number of benzene rings is 2. The van der Waals surface area contributed by atoms with E-state index in [1.165, 1.54) is 24.4 Å². The summed E-state index contributed by atoms with van der Waals surface area (Å²) < 4.78 is 33.1. The third-order valence-corrected chi connectivity index (χ3v) is 6.58. The Bertz CT molecular complexity index is 1310. The van der Waals surface area contributed by atoms with Gasteiger partial charge in [-0.25, -0.2) is 13.2 Å². The fourth-order valence-corrected chi connectivity index (χ4v) is 4.69. The van der Waals surface area contributed by atoms with Crippen molar-refractivity contribution in [1.82, 2.24) is 9.71 Å². The number of aromatic amines is 1. The number of carbonyl (C=O) groups is 2. The molecular weight excluding hydrogens is 444 g/mol. The molecule has 0 spiro atoms. The molecule has 0 saturated carbocycles. The van der Waals surface area contributed by atoms with Crippen LogP contribution in [0.25, 0.3) is 10.9 Å². The number of para-hydroxylation sites is 1. The maximum absolute atomic E-state index is 12.7. The highest BCUT2D eigenvalue weighted by Gasteiger charge is 2.19. The molecule has 3 aromatic rings. The number of anilines is 1. The third kappa shape index (κ3) is 5.58. The van der Waals surface area contributed by atoms with Crippen LogP contribution in [0.3, 0.4) is 0 Å². The highest BCUT2D eigenvalue weighted by atomic mass is 32.2. The quantitative estimate of drug-likeness (QED) is 0.478. The predicted octanol–water partition coefficient (Wildman–Crippen LogP) is 3.21. The van der Waals surface area contributed by atoms with E-state index in [-0.39, 0.29) is 10.6 Å². The van der Waals surface area contributed by atoms with Crippen molar-refractivity contribution in [2.24, 2.45) is 4.99 Å². The summed E-state index contributed by atoms with van der Waals surface area (Å²) in [6.45, 7) is 0.0929. The predicted molar refractivity (Wildman–Crippen MR) is 125 cm³/mol. The molecule has 1 aromatic heterocycles. The van der Waals surface area contributed by atoms with Gasteiger partial charge in [0, 0.05) is 35.8 Å². The van der Waals surface area contributed by atoms with E-state index >= 15 is 0 Å². The first-order valence-corrected chi connectivity index (χ1v) is 12.1.